The molecule has 120 valence electrons. The number of carbonyl (C=O) groups is 1. The van der Waals surface area contributed by atoms with Crippen molar-refractivity contribution >= 4 is 17.3 Å². The number of aromatic amines is 1. The van der Waals surface area contributed by atoms with Crippen molar-refractivity contribution in [1.82, 2.24) is 9.97 Å². The van der Waals surface area contributed by atoms with Gasteiger partial charge in [0.1, 0.15) is 11.4 Å². The molecule has 7 heteroatoms. The van der Waals surface area contributed by atoms with Gasteiger partial charge < -0.3 is 19.9 Å². The normalized spacial score (nSPS) is 14.6. The summed E-state index contributed by atoms with van der Waals surface area (Å²) in [5.41, 5.74) is 1.13. The molecule has 0 unspecified atom stereocenters. The molecule has 0 spiro atoms. The molecule has 2 heterocycles. The van der Waals surface area contributed by atoms with Gasteiger partial charge in [-0.15, -0.1) is 0 Å². The first-order chi connectivity index (χ1) is 11.1. The fraction of sp³-hybridized carbons (Fsp3) is 0.312. The number of amides is 1. The van der Waals surface area contributed by atoms with Crippen LogP contribution in [-0.4, -0.2) is 42.2 Å². The highest BCUT2D eigenvalue weighted by Gasteiger charge is 2.17. The summed E-state index contributed by atoms with van der Waals surface area (Å²) in [5.74, 6) is -0.000253. The van der Waals surface area contributed by atoms with Gasteiger partial charge in [0.25, 0.3) is 11.5 Å². The van der Waals surface area contributed by atoms with Gasteiger partial charge in [-0.1, -0.05) is 12.1 Å². The number of aryl methyl sites for hydroxylation is 1. The molecule has 1 aromatic heterocycles. The molecule has 0 bridgehead atoms. The number of anilines is 2. The molecule has 2 N–H and O–H groups in total. The number of carbonyl (C=O) groups excluding carboxylic acids is 1. The van der Waals surface area contributed by atoms with E-state index in [1.807, 2.05) is 24.3 Å². The Hall–Kier alpha value is -2.67. The number of ether oxygens (including phenoxy) is 1. The van der Waals surface area contributed by atoms with E-state index in [1.54, 1.807) is 6.92 Å². The largest absolute Gasteiger partial charge is 0.378 e. The second-order valence-electron chi connectivity index (χ2n) is 5.28. The molecule has 1 aliphatic heterocycles. The van der Waals surface area contributed by atoms with Crippen LogP contribution in [0.3, 0.4) is 0 Å². The lowest BCUT2D eigenvalue weighted by molar-refractivity contribution is 0.102. The molecule has 1 aromatic carbocycles. The lowest BCUT2D eigenvalue weighted by atomic mass is 10.2. The topological polar surface area (TPSA) is 87.3 Å². The standard InChI is InChI=1S/C16H18N4O3/c1-11-17-10-12(15(21)18-11)16(22)19-13-4-2-3-5-14(13)20-6-8-23-9-7-20/h2-5,10H,6-9H2,1H3,(H,19,22)(H,17,18,21). The second-order valence-corrected chi connectivity index (χ2v) is 5.28. The summed E-state index contributed by atoms with van der Waals surface area (Å²) in [6.45, 7) is 4.50. The van der Waals surface area contributed by atoms with Gasteiger partial charge >= 0.3 is 0 Å². The maximum Gasteiger partial charge on any atom is 0.263 e. The number of hydrogen-bond donors (Lipinski definition) is 2. The molecular formula is C16H18N4O3. The van der Waals surface area contributed by atoms with Gasteiger partial charge in [0.2, 0.25) is 0 Å². The molecule has 2 aromatic rings. The molecule has 7 nitrogen and oxygen atoms in total. The van der Waals surface area contributed by atoms with Gasteiger partial charge in [0.15, 0.2) is 0 Å². The fourth-order valence-electron chi connectivity index (χ4n) is 2.49. The number of hydrogen-bond acceptors (Lipinski definition) is 5. The molecule has 0 aliphatic carbocycles. The zero-order valence-electron chi connectivity index (χ0n) is 12.8. The van der Waals surface area contributed by atoms with E-state index in [0.717, 1.165) is 18.8 Å². The average molecular weight is 314 g/mol. The number of rotatable bonds is 3. The van der Waals surface area contributed by atoms with E-state index < -0.39 is 11.5 Å². The van der Waals surface area contributed by atoms with E-state index in [4.69, 9.17) is 4.74 Å². The summed E-state index contributed by atoms with van der Waals surface area (Å²) in [6.07, 6.45) is 1.29. The van der Waals surface area contributed by atoms with Crippen molar-refractivity contribution in [3.8, 4) is 0 Å². The lowest BCUT2D eigenvalue weighted by Crippen LogP contribution is -2.37. The molecule has 3 rings (SSSR count). The van der Waals surface area contributed by atoms with Crippen LogP contribution in [0, 0.1) is 6.92 Å². The van der Waals surface area contributed by atoms with Crippen molar-refractivity contribution in [2.24, 2.45) is 0 Å². The molecule has 1 amide bonds. The summed E-state index contributed by atoms with van der Waals surface area (Å²) in [4.78, 5) is 32.9. The third kappa shape index (κ3) is 3.40. The Bertz CT molecular complexity index is 766. The SMILES string of the molecule is Cc1ncc(C(=O)Nc2ccccc2N2CCOCC2)c(=O)[nH]1. The first-order valence-corrected chi connectivity index (χ1v) is 7.44. The minimum atomic E-state index is -0.473. The number of H-pyrrole nitrogens is 1. The predicted octanol–water partition coefficient (Wildman–Crippen LogP) is 1.17. The minimum absolute atomic E-state index is 0.00706. The number of morpholine rings is 1. The number of para-hydroxylation sites is 2. The van der Waals surface area contributed by atoms with E-state index in [9.17, 15) is 9.59 Å². The third-order valence-electron chi connectivity index (χ3n) is 3.68. The maximum absolute atomic E-state index is 12.4. The number of benzene rings is 1. The van der Waals surface area contributed by atoms with Gasteiger partial charge in [0.05, 0.1) is 24.6 Å². The van der Waals surface area contributed by atoms with E-state index in [0.29, 0.717) is 24.7 Å². The number of aromatic nitrogens is 2. The van der Waals surface area contributed by atoms with Crippen molar-refractivity contribution in [1.29, 1.82) is 0 Å². The van der Waals surface area contributed by atoms with Gasteiger partial charge in [-0.25, -0.2) is 4.98 Å². The summed E-state index contributed by atoms with van der Waals surface area (Å²) in [5, 5.41) is 2.80. The molecular weight excluding hydrogens is 296 g/mol. The Morgan fingerprint density at radius 3 is 2.78 bits per heavy atom. The van der Waals surface area contributed by atoms with E-state index >= 15 is 0 Å². The maximum atomic E-state index is 12.4. The van der Waals surface area contributed by atoms with Crippen LogP contribution in [0.4, 0.5) is 11.4 Å². The average Bonchev–Trinajstić information content (AvgIpc) is 2.56. The summed E-state index contributed by atoms with van der Waals surface area (Å²) < 4.78 is 5.36. The van der Waals surface area contributed by atoms with Gasteiger partial charge in [-0.05, 0) is 19.1 Å². The van der Waals surface area contributed by atoms with E-state index in [2.05, 4.69) is 20.2 Å². The van der Waals surface area contributed by atoms with Crippen LogP contribution < -0.4 is 15.8 Å². The first kappa shape index (κ1) is 15.2. The van der Waals surface area contributed by atoms with Gasteiger partial charge in [-0.2, -0.15) is 0 Å². The van der Waals surface area contributed by atoms with Crippen molar-refractivity contribution in [2.45, 2.75) is 6.92 Å². The third-order valence-corrected chi connectivity index (χ3v) is 3.68. The fourth-order valence-corrected chi connectivity index (χ4v) is 2.49. The van der Waals surface area contributed by atoms with Crippen molar-refractivity contribution < 1.29 is 9.53 Å². The molecule has 0 atom stereocenters. The van der Waals surface area contributed by atoms with Crippen LogP contribution in [0.5, 0.6) is 0 Å². The Morgan fingerprint density at radius 2 is 2.04 bits per heavy atom. The predicted molar refractivity (Wildman–Crippen MR) is 87.0 cm³/mol. The van der Waals surface area contributed by atoms with Gasteiger partial charge in [-0.3, -0.25) is 9.59 Å². The summed E-state index contributed by atoms with van der Waals surface area (Å²) in [7, 11) is 0. The molecule has 1 aliphatic rings. The number of nitrogens with one attached hydrogen (secondary N) is 2. The van der Waals surface area contributed by atoms with Crippen molar-refractivity contribution in [3.05, 3.63) is 52.2 Å². The monoisotopic (exact) mass is 314 g/mol. The minimum Gasteiger partial charge on any atom is -0.378 e. The van der Waals surface area contributed by atoms with Gasteiger partial charge in [0, 0.05) is 19.3 Å². The molecule has 23 heavy (non-hydrogen) atoms. The lowest BCUT2D eigenvalue weighted by Gasteiger charge is -2.30. The Morgan fingerprint density at radius 1 is 1.30 bits per heavy atom. The zero-order chi connectivity index (χ0) is 16.2. The van der Waals surface area contributed by atoms with Crippen LogP contribution >= 0.6 is 0 Å². The quantitative estimate of drug-likeness (QED) is 0.888. The summed E-state index contributed by atoms with van der Waals surface area (Å²) in [6, 6.07) is 7.52. The first-order valence-electron chi connectivity index (χ1n) is 7.44. The molecule has 1 fully saturated rings. The van der Waals surface area contributed by atoms with Crippen molar-refractivity contribution in [3.63, 3.8) is 0 Å². The highest BCUT2D eigenvalue weighted by Crippen LogP contribution is 2.26. The summed E-state index contributed by atoms with van der Waals surface area (Å²) >= 11 is 0. The van der Waals surface area contributed by atoms with E-state index in [-0.39, 0.29) is 5.56 Å². The second kappa shape index (κ2) is 6.62. The Labute approximate surface area is 133 Å². The Kier molecular flexibility index (Phi) is 4.38. The van der Waals surface area contributed by atoms with Crippen LogP contribution in [0.15, 0.2) is 35.3 Å². The zero-order valence-corrected chi connectivity index (χ0v) is 12.8. The molecule has 0 saturated carbocycles. The molecule has 0 radical (unpaired) electrons. The number of nitrogens with zero attached hydrogens (tertiary/aromatic N) is 2. The highest BCUT2D eigenvalue weighted by molar-refractivity contribution is 6.05. The highest BCUT2D eigenvalue weighted by atomic mass is 16.5. The molecule has 1 saturated heterocycles. The van der Waals surface area contributed by atoms with E-state index in [1.165, 1.54) is 6.20 Å². The van der Waals surface area contributed by atoms with Crippen molar-refractivity contribution in [2.75, 3.05) is 36.5 Å². The van der Waals surface area contributed by atoms with Crippen LogP contribution in [-0.2, 0) is 4.74 Å². The van der Waals surface area contributed by atoms with Crippen LogP contribution in [0.2, 0.25) is 0 Å². The van der Waals surface area contributed by atoms with Crippen LogP contribution in [0.1, 0.15) is 16.2 Å². The smallest absolute Gasteiger partial charge is 0.263 e. The van der Waals surface area contributed by atoms with Crippen LogP contribution in [0.25, 0.3) is 0 Å². The Balaban J connectivity index is 1.85.